The van der Waals surface area contributed by atoms with E-state index in [-0.39, 0.29) is 29.4 Å². The second kappa shape index (κ2) is 5.93. The summed E-state index contributed by atoms with van der Waals surface area (Å²) in [6.07, 6.45) is 2.04. The summed E-state index contributed by atoms with van der Waals surface area (Å²) in [5.74, 6) is 0.0129. The van der Waals surface area contributed by atoms with E-state index in [1.807, 2.05) is 17.0 Å². The number of amides is 1. The molecule has 1 aliphatic carbocycles. The van der Waals surface area contributed by atoms with Crippen LogP contribution in [0.25, 0.3) is 11.3 Å². The quantitative estimate of drug-likeness (QED) is 0.871. The van der Waals surface area contributed by atoms with E-state index < -0.39 is 0 Å². The van der Waals surface area contributed by atoms with Crippen LogP contribution < -0.4 is 0 Å². The molecule has 1 amide bonds. The molecule has 0 radical (unpaired) electrons. The summed E-state index contributed by atoms with van der Waals surface area (Å²) in [7, 11) is 0. The predicted octanol–water partition coefficient (Wildman–Crippen LogP) is 3.56. The van der Waals surface area contributed by atoms with Crippen LogP contribution in [0.1, 0.15) is 61.8 Å². The summed E-state index contributed by atoms with van der Waals surface area (Å²) < 4.78 is 0. The van der Waals surface area contributed by atoms with Gasteiger partial charge in [0.2, 0.25) is 0 Å². The van der Waals surface area contributed by atoms with Gasteiger partial charge in [-0.1, -0.05) is 40.7 Å². The molecule has 144 valence electrons. The third-order valence-electron chi connectivity index (χ3n) is 6.02. The minimum absolute atomic E-state index is 0.0129. The number of hydrogen-bond acceptors (Lipinski definition) is 3. The van der Waals surface area contributed by atoms with Crippen LogP contribution in [0.15, 0.2) is 18.2 Å². The summed E-state index contributed by atoms with van der Waals surface area (Å²) in [6, 6.07) is 5.83. The second-order valence-corrected chi connectivity index (χ2v) is 9.92. The topological polar surface area (TPSA) is 69.2 Å². The van der Waals surface area contributed by atoms with E-state index in [9.17, 15) is 9.90 Å². The van der Waals surface area contributed by atoms with Crippen molar-refractivity contribution in [2.75, 3.05) is 6.61 Å². The highest BCUT2D eigenvalue weighted by atomic mass is 16.3. The molecule has 4 rings (SSSR count). The van der Waals surface area contributed by atoms with E-state index in [0.29, 0.717) is 6.54 Å². The van der Waals surface area contributed by atoms with Crippen LogP contribution in [0.2, 0.25) is 0 Å². The molecule has 2 aromatic rings. The number of aromatic nitrogens is 2. The Morgan fingerprint density at radius 3 is 2.70 bits per heavy atom. The molecule has 2 aliphatic rings. The third kappa shape index (κ3) is 2.98. The maximum Gasteiger partial charge on any atom is 0.254 e. The Labute approximate surface area is 160 Å². The van der Waals surface area contributed by atoms with E-state index >= 15 is 0 Å². The number of carbonyl (C=O) groups excluding carboxylic acids is 1. The Morgan fingerprint density at radius 2 is 2.04 bits per heavy atom. The minimum Gasteiger partial charge on any atom is -0.394 e. The van der Waals surface area contributed by atoms with Gasteiger partial charge < -0.3 is 10.0 Å². The fraction of sp³-hybridized carbons (Fsp3) is 0.545. The Bertz CT molecular complexity index is 905. The molecule has 0 saturated carbocycles. The van der Waals surface area contributed by atoms with Crippen LogP contribution >= 0.6 is 0 Å². The van der Waals surface area contributed by atoms with Crippen LogP contribution in [0, 0.1) is 10.8 Å². The lowest BCUT2D eigenvalue weighted by molar-refractivity contribution is 0.0356. The SMILES string of the molecule is CC1(C)Cc2[nH]nc(-c3ccc4c(c3)CN([C@@H](CO)C(C)(C)C)C4=O)c2C1. The van der Waals surface area contributed by atoms with E-state index in [4.69, 9.17) is 0 Å². The fourth-order valence-corrected chi connectivity index (χ4v) is 4.58. The highest BCUT2D eigenvalue weighted by Gasteiger charge is 2.38. The van der Waals surface area contributed by atoms with Crippen LogP contribution in [0.3, 0.4) is 0 Å². The lowest BCUT2D eigenvalue weighted by atomic mass is 9.86. The van der Waals surface area contributed by atoms with Gasteiger partial charge in [0.1, 0.15) is 0 Å². The van der Waals surface area contributed by atoms with Gasteiger partial charge in [0, 0.05) is 28.9 Å². The molecule has 1 aromatic carbocycles. The van der Waals surface area contributed by atoms with Crippen molar-refractivity contribution < 1.29 is 9.90 Å². The average Bonchev–Trinajstić information content (AvgIpc) is 3.17. The summed E-state index contributed by atoms with van der Waals surface area (Å²) in [5, 5.41) is 17.6. The number of hydrogen-bond donors (Lipinski definition) is 2. The van der Waals surface area contributed by atoms with Gasteiger partial charge in [0.05, 0.1) is 18.3 Å². The third-order valence-corrected chi connectivity index (χ3v) is 6.02. The lowest BCUT2D eigenvalue weighted by Crippen LogP contribution is -2.46. The highest BCUT2D eigenvalue weighted by Crippen LogP contribution is 2.41. The largest absolute Gasteiger partial charge is 0.394 e. The van der Waals surface area contributed by atoms with Crippen LogP contribution in [0.5, 0.6) is 0 Å². The van der Waals surface area contributed by atoms with Crippen molar-refractivity contribution in [3.63, 3.8) is 0 Å². The molecular formula is C22H29N3O2. The first-order valence-electron chi connectivity index (χ1n) is 9.72. The number of aromatic amines is 1. The molecule has 1 atom stereocenters. The van der Waals surface area contributed by atoms with Crippen molar-refractivity contribution >= 4 is 5.91 Å². The normalized spacial score (nSPS) is 19.3. The zero-order valence-corrected chi connectivity index (χ0v) is 16.9. The molecule has 0 bridgehead atoms. The van der Waals surface area contributed by atoms with E-state index in [2.05, 4.69) is 50.9 Å². The molecule has 2 heterocycles. The van der Waals surface area contributed by atoms with Crippen LogP contribution in [0.4, 0.5) is 0 Å². The molecule has 1 aliphatic heterocycles. The number of fused-ring (bicyclic) bond motifs is 2. The molecule has 27 heavy (non-hydrogen) atoms. The fourth-order valence-electron chi connectivity index (χ4n) is 4.58. The molecule has 1 aromatic heterocycles. The monoisotopic (exact) mass is 367 g/mol. The Balaban J connectivity index is 1.67. The minimum atomic E-state index is -0.198. The zero-order chi connectivity index (χ0) is 19.6. The van der Waals surface area contributed by atoms with Gasteiger partial charge in [-0.15, -0.1) is 0 Å². The van der Waals surface area contributed by atoms with Gasteiger partial charge in [-0.2, -0.15) is 5.10 Å². The standard InChI is InChI=1S/C22H29N3O2/c1-21(2,3)18(12-26)25-11-14-8-13(6-7-15(14)20(25)27)19-16-9-22(4,5)10-17(16)23-24-19/h6-8,18,26H,9-12H2,1-5H3,(H,23,24)/t18-/m0/s1. The predicted molar refractivity (Wildman–Crippen MR) is 105 cm³/mol. The smallest absolute Gasteiger partial charge is 0.254 e. The number of nitrogens with zero attached hydrogens (tertiary/aromatic N) is 2. The van der Waals surface area contributed by atoms with Crippen molar-refractivity contribution in [1.82, 2.24) is 15.1 Å². The number of aliphatic hydroxyl groups excluding tert-OH is 1. The average molecular weight is 367 g/mol. The van der Waals surface area contributed by atoms with Gasteiger partial charge in [0.25, 0.3) is 5.91 Å². The Morgan fingerprint density at radius 1 is 1.30 bits per heavy atom. The molecule has 0 spiro atoms. The summed E-state index contributed by atoms with van der Waals surface area (Å²) >= 11 is 0. The van der Waals surface area contributed by atoms with Gasteiger partial charge >= 0.3 is 0 Å². The van der Waals surface area contributed by atoms with Gasteiger partial charge in [-0.05, 0) is 41.4 Å². The van der Waals surface area contributed by atoms with Crippen molar-refractivity contribution in [1.29, 1.82) is 0 Å². The highest BCUT2D eigenvalue weighted by molar-refractivity contribution is 5.99. The number of aliphatic hydroxyl groups is 1. The maximum absolute atomic E-state index is 12.9. The molecule has 0 fully saturated rings. The second-order valence-electron chi connectivity index (χ2n) is 9.92. The molecule has 0 unspecified atom stereocenters. The van der Waals surface area contributed by atoms with Gasteiger partial charge in [-0.25, -0.2) is 0 Å². The number of benzene rings is 1. The van der Waals surface area contributed by atoms with Crippen molar-refractivity contribution in [2.24, 2.45) is 10.8 Å². The van der Waals surface area contributed by atoms with E-state index in [0.717, 1.165) is 35.2 Å². The van der Waals surface area contributed by atoms with Gasteiger partial charge in [0.15, 0.2) is 0 Å². The molecule has 5 heteroatoms. The molecule has 0 saturated heterocycles. The molecular weight excluding hydrogens is 338 g/mol. The van der Waals surface area contributed by atoms with Crippen molar-refractivity contribution in [3.05, 3.63) is 40.6 Å². The van der Waals surface area contributed by atoms with Crippen LogP contribution in [-0.4, -0.2) is 38.8 Å². The number of H-pyrrole nitrogens is 1. The van der Waals surface area contributed by atoms with E-state index in [1.165, 1.54) is 11.3 Å². The van der Waals surface area contributed by atoms with Crippen LogP contribution in [-0.2, 0) is 19.4 Å². The molecule has 5 nitrogen and oxygen atoms in total. The van der Waals surface area contributed by atoms with E-state index in [1.54, 1.807) is 0 Å². The Kier molecular flexibility index (Phi) is 4.00. The maximum atomic E-state index is 12.9. The summed E-state index contributed by atoms with van der Waals surface area (Å²) in [5.41, 5.74) is 6.48. The first kappa shape index (κ1) is 18.2. The van der Waals surface area contributed by atoms with Crippen molar-refractivity contribution in [3.8, 4) is 11.3 Å². The summed E-state index contributed by atoms with van der Waals surface area (Å²) in [4.78, 5) is 14.7. The Hall–Kier alpha value is -2.14. The summed E-state index contributed by atoms with van der Waals surface area (Å²) in [6.45, 7) is 11.3. The number of nitrogens with one attached hydrogen (secondary N) is 1. The first-order valence-corrected chi connectivity index (χ1v) is 9.72. The van der Waals surface area contributed by atoms with Gasteiger partial charge in [-0.3, -0.25) is 9.89 Å². The van der Waals surface area contributed by atoms with Crippen molar-refractivity contribution in [2.45, 2.75) is 60.0 Å². The number of rotatable bonds is 3. The first-order chi connectivity index (χ1) is 12.6. The zero-order valence-electron chi connectivity index (χ0n) is 16.9. The molecule has 2 N–H and O–H groups in total. The lowest BCUT2D eigenvalue weighted by Gasteiger charge is -2.36. The number of carbonyl (C=O) groups is 1.